The first-order chi connectivity index (χ1) is 17.8. The van der Waals surface area contributed by atoms with Crippen LogP contribution < -0.4 is 15.0 Å². The van der Waals surface area contributed by atoms with Crippen molar-refractivity contribution in [1.82, 2.24) is 15.1 Å². The number of anilines is 1. The quantitative estimate of drug-likeness (QED) is 0.336. The van der Waals surface area contributed by atoms with Crippen LogP contribution in [0.2, 0.25) is 0 Å². The molecule has 0 atom stereocenters. The van der Waals surface area contributed by atoms with Crippen molar-refractivity contribution >= 4 is 30.5 Å². The fourth-order valence-corrected chi connectivity index (χ4v) is 5.02. The number of benzene rings is 2. The summed E-state index contributed by atoms with van der Waals surface area (Å²) in [6.07, 6.45) is 4.30. The minimum Gasteiger partial charge on any atom is -0.497 e. The van der Waals surface area contributed by atoms with E-state index in [-0.39, 0.29) is 17.0 Å². The molecule has 0 unspecified atom stereocenters. The average Bonchev–Trinajstić information content (AvgIpc) is 3.28. The molecule has 3 aromatic rings. The first-order valence-electron chi connectivity index (χ1n) is 12.6. The first kappa shape index (κ1) is 25.4. The maximum absolute atomic E-state index is 13.8. The van der Waals surface area contributed by atoms with E-state index in [2.05, 4.69) is 53.5 Å². The van der Waals surface area contributed by atoms with Crippen LogP contribution in [0.1, 0.15) is 65.2 Å². The topological polar surface area (TPSA) is 85.7 Å². The lowest BCUT2D eigenvalue weighted by molar-refractivity contribution is 0.0764. The fraction of sp³-hybridized carbons (Fsp3) is 0.393. The second kappa shape index (κ2) is 10.2. The summed E-state index contributed by atoms with van der Waals surface area (Å²) in [4.78, 5) is 28.0. The highest BCUT2D eigenvalue weighted by Crippen LogP contribution is 2.32. The van der Waals surface area contributed by atoms with Crippen LogP contribution in [0.25, 0.3) is 5.69 Å². The van der Waals surface area contributed by atoms with Crippen molar-refractivity contribution in [3.63, 3.8) is 0 Å². The Kier molecular flexibility index (Phi) is 7.00. The summed E-state index contributed by atoms with van der Waals surface area (Å²) in [5, 5.41) is 8.13. The van der Waals surface area contributed by atoms with Gasteiger partial charge < -0.3 is 19.1 Å². The Bertz CT molecular complexity index is 1300. The molecule has 2 aliphatic rings. The fourth-order valence-electron chi connectivity index (χ4n) is 4.93. The molecule has 0 saturated heterocycles. The molecule has 1 saturated carbocycles. The molecule has 37 heavy (non-hydrogen) atoms. The molecule has 8 nitrogen and oxygen atoms in total. The van der Waals surface area contributed by atoms with Gasteiger partial charge in [0.15, 0.2) is 5.69 Å². The van der Waals surface area contributed by atoms with E-state index >= 15 is 0 Å². The van der Waals surface area contributed by atoms with Crippen molar-refractivity contribution in [3.8, 4) is 11.4 Å². The summed E-state index contributed by atoms with van der Waals surface area (Å²) >= 11 is 3.67. The van der Waals surface area contributed by atoms with Crippen molar-refractivity contribution in [2.45, 2.75) is 51.0 Å². The molecule has 1 fully saturated rings. The van der Waals surface area contributed by atoms with E-state index in [1.54, 1.807) is 36.3 Å². The van der Waals surface area contributed by atoms with E-state index in [9.17, 15) is 9.59 Å². The molecule has 2 heterocycles. The van der Waals surface area contributed by atoms with Crippen molar-refractivity contribution in [2.24, 2.45) is 0 Å². The Morgan fingerprint density at radius 3 is 2.38 bits per heavy atom. The van der Waals surface area contributed by atoms with Crippen LogP contribution in [0.4, 0.5) is 5.69 Å². The number of hydrogen-bond donors (Lipinski definition) is 2. The van der Waals surface area contributed by atoms with Gasteiger partial charge in [-0.1, -0.05) is 32.4 Å². The van der Waals surface area contributed by atoms with Crippen molar-refractivity contribution in [3.05, 3.63) is 71.0 Å². The Morgan fingerprint density at radius 2 is 1.78 bits per heavy atom. The Morgan fingerprint density at radius 1 is 1.11 bits per heavy atom. The molecule has 0 radical (unpaired) electrons. The molecule has 1 amide bonds. The van der Waals surface area contributed by atoms with Gasteiger partial charge in [0, 0.05) is 48.7 Å². The van der Waals surface area contributed by atoms with Crippen LogP contribution in [0.5, 0.6) is 5.75 Å². The van der Waals surface area contributed by atoms with Gasteiger partial charge in [-0.3, -0.25) is 4.79 Å². The molecule has 1 aromatic heterocycles. The zero-order chi connectivity index (χ0) is 26.2. The lowest BCUT2D eigenvalue weighted by Crippen LogP contribution is -2.42. The number of thiol groups is 1. The Balaban J connectivity index is 1.43. The predicted molar refractivity (Wildman–Crippen MR) is 145 cm³/mol. The first-order valence-corrected chi connectivity index (χ1v) is 13.0. The molecular weight excluding hydrogens is 488 g/mol. The maximum Gasteiger partial charge on any atom is 0.370 e. The average molecular weight is 521 g/mol. The number of hydrogen-bond acceptors (Lipinski definition) is 7. The minimum atomic E-state index is -0.685. The van der Waals surface area contributed by atoms with Gasteiger partial charge in [0.05, 0.1) is 12.8 Å². The second-order valence-corrected chi connectivity index (χ2v) is 10.5. The van der Waals surface area contributed by atoms with E-state index in [1.165, 1.54) is 29.5 Å². The van der Waals surface area contributed by atoms with Gasteiger partial charge in [0.2, 0.25) is 0 Å². The number of nitrogens with one attached hydrogen (secondary N) is 1. The smallest absolute Gasteiger partial charge is 0.370 e. The van der Waals surface area contributed by atoms with Crippen molar-refractivity contribution < 1.29 is 18.5 Å². The van der Waals surface area contributed by atoms with Gasteiger partial charge in [0.1, 0.15) is 11.4 Å². The van der Waals surface area contributed by atoms with Gasteiger partial charge in [-0.25, -0.2) is 9.48 Å². The largest absolute Gasteiger partial charge is 0.497 e. The van der Waals surface area contributed by atoms with Crippen LogP contribution in [0.3, 0.4) is 0 Å². The molecular formula is C28H32N4O4S. The number of fused-ring (bicyclic) bond motifs is 1. The summed E-state index contributed by atoms with van der Waals surface area (Å²) in [5.41, 5.74) is 3.65. The van der Waals surface area contributed by atoms with Gasteiger partial charge in [-0.05, 0) is 61.2 Å². The van der Waals surface area contributed by atoms with Gasteiger partial charge in [0.25, 0.3) is 5.91 Å². The maximum atomic E-state index is 13.8. The molecule has 0 spiro atoms. The van der Waals surface area contributed by atoms with E-state index in [1.807, 2.05) is 12.1 Å². The predicted octanol–water partition coefficient (Wildman–Crippen LogP) is 4.51. The van der Waals surface area contributed by atoms with Crippen LogP contribution in [0, 0.1) is 0 Å². The lowest BCUT2D eigenvalue weighted by atomic mass is 9.83. The normalized spacial score (nSPS) is 15.8. The van der Waals surface area contributed by atoms with E-state index in [0.717, 1.165) is 12.2 Å². The highest BCUT2D eigenvalue weighted by Gasteiger charge is 2.36. The number of nitrogens with zero attached hydrogens (tertiary/aromatic N) is 3. The Hall–Kier alpha value is -3.30. The lowest BCUT2D eigenvalue weighted by Gasteiger charge is -2.33. The van der Waals surface area contributed by atoms with Crippen LogP contribution in [-0.2, 0) is 16.0 Å². The summed E-state index contributed by atoms with van der Waals surface area (Å²) < 4.78 is 11.4. The highest BCUT2D eigenvalue weighted by molar-refractivity contribution is 7.75. The van der Waals surface area contributed by atoms with E-state index in [4.69, 9.17) is 4.74 Å². The number of carbonyl (C=O) groups excluding carboxylic acids is 2. The molecule has 2 aromatic carbocycles. The minimum absolute atomic E-state index is 0.0255. The monoisotopic (exact) mass is 520 g/mol. The standard InChI is InChI=1S/C28H32N4O4S/c1-28(2,17-29-19-5-4-6-19)18-7-9-20(10-8-18)31-16-15-23-24(27(34)36-37)30-32(25(23)26(31)33)21-11-13-22(35-3)14-12-21/h7-14,19,29,37H,4-6,15-17H2,1-3H3. The molecule has 9 heteroatoms. The summed E-state index contributed by atoms with van der Waals surface area (Å²) in [6.45, 7) is 5.82. The number of methoxy groups -OCH3 is 1. The molecule has 1 N–H and O–H groups in total. The zero-order valence-electron chi connectivity index (χ0n) is 21.4. The molecule has 5 rings (SSSR count). The number of amides is 1. The Labute approximate surface area is 222 Å². The third kappa shape index (κ3) is 4.85. The zero-order valence-corrected chi connectivity index (χ0v) is 22.3. The van der Waals surface area contributed by atoms with Crippen LogP contribution >= 0.6 is 12.9 Å². The van der Waals surface area contributed by atoms with Gasteiger partial charge >= 0.3 is 5.97 Å². The highest BCUT2D eigenvalue weighted by atomic mass is 32.1. The summed E-state index contributed by atoms with van der Waals surface area (Å²) in [5.74, 6) is -0.227. The van der Waals surface area contributed by atoms with Crippen LogP contribution in [0.15, 0.2) is 48.5 Å². The van der Waals surface area contributed by atoms with Crippen molar-refractivity contribution in [1.29, 1.82) is 0 Å². The number of rotatable bonds is 8. The van der Waals surface area contributed by atoms with E-state index in [0.29, 0.717) is 41.7 Å². The third-order valence-corrected chi connectivity index (χ3v) is 7.67. The van der Waals surface area contributed by atoms with E-state index < -0.39 is 5.97 Å². The molecule has 1 aliphatic carbocycles. The molecule has 0 bridgehead atoms. The second-order valence-electron chi connectivity index (χ2n) is 10.3. The summed E-state index contributed by atoms with van der Waals surface area (Å²) in [6, 6.07) is 16.0. The SMILES string of the molecule is COc1ccc(-n2nc(C(=O)OS)c3c2C(=O)N(c2ccc(C(C)(C)CNC4CCC4)cc2)CC3)cc1. The summed E-state index contributed by atoms with van der Waals surface area (Å²) in [7, 11) is 1.59. The van der Waals surface area contributed by atoms with Crippen LogP contribution in [-0.4, -0.2) is 47.9 Å². The van der Waals surface area contributed by atoms with Gasteiger partial charge in [-0.15, -0.1) is 0 Å². The molecule has 194 valence electrons. The van der Waals surface area contributed by atoms with Gasteiger partial charge in [-0.2, -0.15) is 5.10 Å². The number of carbonyl (C=O) groups is 2. The number of ether oxygens (including phenoxy) is 1. The third-order valence-electron chi connectivity index (χ3n) is 7.51. The van der Waals surface area contributed by atoms with Crippen molar-refractivity contribution in [2.75, 3.05) is 25.1 Å². The molecule has 1 aliphatic heterocycles. The number of aromatic nitrogens is 2.